The molecule has 176 valence electrons. The molecule has 0 radical (unpaired) electrons. The highest BCUT2D eigenvalue weighted by Gasteiger charge is 2.23. The molecule has 0 bridgehead atoms. The van der Waals surface area contributed by atoms with E-state index in [1.54, 1.807) is 7.11 Å². The van der Waals surface area contributed by atoms with Crippen LogP contribution in [0.15, 0.2) is 29.3 Å². The Kier molecular flexibility index (Phi) is 12.0. The monoisotopic (exact) mass is 545 g/mol. The maximum atomic E-state index is 6.14. The maximum Gasteiger partial charge on any atom is 0.193 e. The first-order valence-corrected chi connectivity index (χ1v) is 11.5. The van der Waals surface area contributed by atoms with Crippen molar-refractivity contribution in [3.63, 3.8) is 0 Å². The first-order chi connectivity index (χ1) is 14.7. The number of piperidine rings is 1. The third-order valence-corrected chi connectivity index (χ3v) is 6.29. The van der Waals surface area contributed by atoms with Crippen molar-refractivity contribution < 1.29 is 14.2 Å². The van der Waals surface area contributed by atoms with E-state index in [2.05, 4.69) is 34.3 Å². The fourth-order valence-electron chi connectivity index (χ4n) is 4.25. The zero-order valence-electron chi connectivity index (χ0n) is 19.3. The zero-order chi connectivity index (χ0) is 21.2. The van der Waals surface area contributed by atoms with Crippen LogP contribution in [0.25, 0.3) is 0 Å². The second kappa shape index (κ2) is 14.2. The molecule has 2 unspecified atom stereocenters. The normalized spacial score (nSPS) is 21.3. The van der Waals surface area contributed by atoms with Gasteiger partial charge in [0.05, 0.1) is 25.9 Å². The third kappa shape index (κ3) is 8.42. The van der Waals surface area contributed by atoms with Gasteiger partial charge in [-0.05, 0) is 62.1 Å². The quantitative estimate of drug-likeness (QED) is 0.298. The molecule has 2 aliphatic rings. The van der Waals surface area contributed by atoms with Gasteiger partial charge in [0, 0.05) is 33.3 Å². The van der Waals surface area contributed by atoms with Crippen LogP contribution in [0, 0.1) is 0 Å². The minimum atomic E-state index is 0. The van der Waals surface area contributed by atoms with E-state index in [-0.39, 0.29) is 24.0 Å². The van der Waals surface area contributed by atoms with Crippen molar-refractivity contribution in [2.24, 2.45) is 4.99 Å². The highest BCUT2D eigenvalue weighted by atomic mass is 127. The zero-order valence-corrected chi connectivity index (χ0v) is 21.7. The number of nitrogens with one attached hydrogen (secondary N) is 1. The van der Waals surface area contributed by atoms with Gasteiger partial charge < -0.3 is 24.4 Å². The topological polar surface area (TPSA) is 55.3 Å². The van der Waals surface area contributed by atoms with E-state index < -0.39 is 0 Å². The van der Waals surface area contributed by atoms with Crippen molar-refractivity contribution in [2.75, 3.05) is 47.0 Å². The number of guanidine groups is 1. The van der Waals surface area contributed by atoms with E-state index >= 15 is 0 Å². The number of aliphatic imine (C=N–C) groups is 1. The van der Waals surface area contributed by atoms with Gasteiger partial charge in [-0.15, -0.1) is 24.0 Å². The summed E-state index contributed by atoms with van der Waals surface area (Å²) >= 11 is 0. The van der Waals surface area contributed by atoms with Gasteiger partial charge in [0.1, 0.15) is 5.75 Å². The first kappa shape index (κ1) is 26.2. The van der Waals surface area contributed by atoms with E-state index in [0.717, 1.165) is 70.2 Å². The Bertz CT molecular complexity index is 642. The predicted octanol–water partition coefficient (Wildman–Crippen LogP) is 4.43. The van der Waals surface area contributed by atoms with E-state index in [1.165, 1.54) is 18.4 Å². The van der Waals surface area contributed by atoms with Crippen LogP contribution >= 0.6 is 24.0 Å². The highest BCUT2D eigenvalue weighted by molar-refractivity contribution is 14.0. The predicted molar refractivity (Wildman–Crippen MR) is 137 cm³/mol. The summed E-state index contributed by atoms with van der Waals surface area (Å²) in [7, 11) is 3.58. The summed E-state index contributed by atoms with van der Waals surface area (Å²) in [6.45, 7) is 6.81. The number of halogens is 1. The number of rotatable bonds is 8. The van der Waals surface area contributed by atoms with Crippen molar-refractivity contribution >= 4 is 29.9 Å². The lowest BCUT2D eigenvalue weighted by Gasteiger charge is -2.35. The van der Waals surface area contributed by atoms with Gasteiger partial charge in [-0.2, -0.15) is 0 Å². The average molecular weight is 546 g/mol. The van der Waals surface area contributed by atoms with Gasteiger partial charge in [0.2, 0.25) is 0 Å². The molecule has 0 aromatic heterocycles. The molecule has 0 aliphatic carbocycles. The SMILES string of the molecule is CN=C(NCCC(C)c1ccc(OC)cc1)N1CCC(OCC2CCCCO2)CC1.I. The Morgan fingerprint density at radius 3 is 2.55 bits per heavy atom. The fourth-order valence-corrected chi connectivity index (χ4v) is 4.25. The fraction of sp³-hybridized carbons (Fsp3) is 0.708. The lowest BCUT2D eigenvalue weighted by atomic mass is 9.98. The van der Waals surface area contributed by atoms with Crippen LogP contribution < -0.4 is 10.1 Å². The second-order valence-corrected chi connectivity index (χ2v) is 8.45. The van der Waals surface area contributed by atoms with Crippen molar-refractivity contribution in [2.45, 2.75) is 63.6 Å². The molecular formula is C24H40IN3O3. The molecule has 1 aromatic carbocycles. The summed E-state index contributed by atoms with van der Waals surface area (Å²) in [6, 6.07) is 8.37. The van der Waals surface area contributed by atoms with Crippen LogP contribution in [0.5, 0.6) is 5.75 Å². The molecule has 2 heterocycles. The van der Waals surface area contributed by atoms with Crippen LogP contribution in [-0.2, 0) is 9.47 Å². The van der Waals surface area contributed by atoms with Gasteiger partial charge in [0.25, 0.3) is 0 Å². The van der Waals surface area contributed by atoms with Crippen LogP contribution in [0.1, 0.15) is 56.9 Å². The van der Waals surface area contributed by atoms with Gasteiger partial charge in [-0.25, -0.2) is 0 Å². The molecule has 2 saturated heterocycles. The second-order valence-electron chi connectivity index (χ2n) is 8.45. The molecule has 1 N–H and O–H groups in total. The number of nitrogens with zero attached hydrogens (tertiary/aromatic N) is 2. The van der Waals surface area contributed by atoms with Gasteiger partial charge in [-0.1, -0.05) is 19.1 Å². The first-order valence-electron chi connectivity index (χ1n) is 11.5. The van der Waals surface area contributed by atoms with E-state index in [0.29, 0.717) is 18.1 Å². The van der Waals surface area contributed by atoms with E-state index in [9.17, 15) is 0 Å². The largest absolute Gasteiger partial charge is 0.497 e. The smallest absolute Gasteiger partial charge is 0.193 e. The summed E-state index contributed by atoms with van der Waals surface area (Å²) in [6.07, 6.45) is 7.42. The molecule has 2 fully saturated rings. The van der Waals surface area contributed by atoms with Crippen LogP contribution in [0.4, 0.5) is 0 Å². The van der Waals surface area contributed by atoms with Crippen LogP contribution in [0.3, 0.4) is 0 Å². The molecule has 3 rings (SSSR count). The molecule has 2 aliphatic heterocycles. The van der Waals surface area contributed by atoms with Crippen molar-refractivity contribution in [3.05, 3.63) is 29.8 Å². The van der Waals surface area contributed by atoms with Gasteiger partial charge in [-0.3, -0.25) is 4.99 Å². The number of benzene rings is 1. The summed E-state index contributed by atoms with van der Waals surface area (Å²) in [5, 5.41) is 3.55. The summed E-state index contributed by atoms with van der Waals surface area (Å²) in [5.74, 6) is 2.40. The molecule has 2 atom stereocenters. The molecular weight excluding hydrogens is 505 g/mol. The number of hydrogen-bond acceptors (Lipinski definition) is 4. The minimum Gasteiger partial charge on any atom is -0.497 e. The molecule has 6 nitrogen and oxygen atoms in total. The average Bonchev–Trinajstić information content (AvgIpc) is 2.81. The standard InChI is InChI=1S/C24H39N3O3.HI/c1-19(20-7-9-21(28-3)10-8-20)11-14-26-24(25-2)27-15-12-22(13-16-27)30-18-23-6-4-5-17-29-23;/h7-10,19,22-23H,4-6,11-18H2,1-3H3,(H,25,26);1H. The Hall–Kier alpha value is -1.06. The van der Waals surface area contributed by atoms with E-state index in [1.807, 2.05) is 19.2 Å². The third-order valence-electron chi connectivity index (χ3n) is 6.29. The number of hydrogen-bond donors (Lipinski definition) is 1. The summed E-state index contributed by atoms with van der Waals surface area (Å²) < 4.78 is 17.2. The number of ether oxygens (including phenoxy) is 3. The summed E-state index contributed by atoms with van der Waals surface area (Å²) in [4.78, 5) is 6.86. The van der Waals surface area contributed by atoms with Crippen molar-refractivity contribution in [3.8, 4) is 5.75 Å². The molecule has 7 heteroatoms. The number of likely N-dealkylation sites (tertiary alicyclic amines) is 1. The lowest BCUT2D eigenvalue weighted by molar-refractivity contribution is -0.0721. The minimum absolute atomic E-state index is 0. The molecule has 31 heavy (non-hydrogen) atoms. The van der Waals surface area contributed by atoms with Gasteiger partial charge >= 0.3 is 0 Å². The van der Waals surface area contributed by atoms with Gasteiger partial charge in [0.15, 0.2) is 5.96 Å². The Morgan fingerprint density at radius 2 is 1.94 bits per heavy atom. The summed E-state index contributed by atoms with van der Waals surface area (Å²) in [5.41, 5.74) is 1.34. The molecule has 0 amide bonds. The van der Waals surface area contributed by atoms with Crippen molar-refractivity contribution in [1.29, 1.82) is 0 Å². The van der Waals surface area contributed by atoms with Crippen molar-refractivity contribution in [1.82, 2.24) is 10.2 Å². The van der Waals surface area contributed by atoms with Crippen LogP contribution in [0.2, 0.25) is 0 Å². The van der Waals surface area contributed by atoms with Crippen LogP contribution in [-0.4, -0.2) is 70.1 Å². The Balaban J connectivity index is 0.00000341. The Morgan fingerprint density at radius 1 is 1.19 bits per heavy atom. The lowest BCUT2D eigenvalue weighted by Crippen LogP contribution is -2.47. The van der Waals surface area contributed by atoms with E-state index in [4.69, 9.17) is 14.2 Å². The molecule has 1 aromatic rings. The Labute approximate surface area is 205 Å². The highest BCUT2D eigenvalue weighted by Crippen LogP contribution is 2.22. The molecule has 0 saturated carbocycles. The molecule has 0 spiro atoms. The number of methoxy groups -OCH3 is 1. The maximum absolute atomic E-state index is 6.14.